The third kappa shape index (κ3) is 3.51. The van der Waals surface area contributed by atoms with E-state index >= 15 is 0 Å². The standard InChI is InChI=1S/C6H3BrClNO2.Rb/c7-3-1-4(6(10)11)5(8)9-2-3;/h1-2H,(H,10,11);/q;+1/p-1. The Morgan fingerprint density at radius 1 is 1.67 bits per heavy atom. The first-order valence-electron chi connectivity index (χ1n) is 2.63. The number of carbonyl (C=O) groups excluding carboxylic acids is 1. The Hall–Kier alpha value is 1.20. The Labute approximate surface area is 131 Å². The number of halogens is 2. The average Bonchev–Trinajstić information content (AvgIpc) is 1.94. The number of aromatic carboxylic acids is 1. The van der Waals surface area contributed by atoms with Crippen LogP contribution in [0.3, 0.4) is 0 Å². The molecule has 0 bridgehead atoms. The van der Waals surface area contributed by atoms with Crippen LogP contribution >= 0.6 is 27.5 Å². The predicted molar refractivity (Wildman–Crippen MR) is 41.3 cm³/mol. The fourth-order valence-corrected chi connectivity index (χ4v) is 1.08. The molecule has 0 aliphatic carbocycles. The number of pyridine rings is 1. The van der Waals surface area contributed by atoms with Crippen LogP contribution in [0.5, 0.6) is 0 Å². The van der Waals surface area contributed by atoms with Crippen molar-refractivity contribution in [2.75, 3.05) is 0 Å². The van der Waals surface area contributed by atoms with E-state index in [0.29, 0.717) is 4.47 Å². The summed E-state index contributed by atoms with van der Waals surface area (Å²) in [6.45, 7) is 0. The molecule has 1 aromatic heterocycles. The van der Waals surface area contributed by atoms with Gasteiger partial charge in [0.15, 0.2) is 0 Å². The van der Waals surface area contributed by atoms with Gasteiger partial charge in [0.2, 0.25) is 0 Å². The van der Waals surface area contributed by atoms with E-state index in [2.05, 4.69) is 20.9 Å². The number of carboxylic acid groups (broad SMARTS) is 1. The summed E-state index contributed by atoms with van der Waals surface area (Å²) in [5, 5.41) is 10.3. The Kier molecular flexibility index (Phi) is 6.41. The van der Waals surface area contributed by atoms with Gasteiger partial charge in [-0.25, -0.2) is 4.98 Å². The van der Waals surface area contributed by atoms with E-state index in [1.165, 1.54) is 12.3 Å². The van der Waals surface area contributed by atoms with Crippen molar-refractivity contribution in [3.63, 3.8) is 0 Å². The Bertz CT molecular complexity index is 308. The van der Waals surface area contributed by atoms with Crippen molar-refractivity contribution >= 4 is 33.5 Å². The minimum Gasteiger partial charge on any atom is -0.545 e. The fourth-order valence-electron chi connectivity index (χ4n) is 0.566. The van der Waals surface area contributed by atoms with Gasteiger partial charge in [-0.15, -0.1) is 0 Å². The van der Waals surface area contributed by atoms with Crippen molar-refractivity contribution in [3.8, 4) is 0 Å². The molecule has 0 atom stereocenters. The van der Waals surface area contributed by atoms with E-state index in [9.17, 15) is 9.90 Å². The molecular weight excluding hydrogens is 319 g/mol. The number of rotatable bonds is 1. The van der Waals surface area contributed by atoms with Crippen molar-refractivity contribution in [1.29, 1.82) is 0 Å². The SMILES string of the molecule is O=C([O-])c1cc(Br)cnc1Cl.[Rb+]. The minimum absolute atomic E-state index is 0. The van der Waals surface area contributed by atoms with E-state index in [4.69, 9.17) is 11.6 Å². The molecule has 58 valence electrons. The maximum Gasteiger partial charge on any atom is 1.00 e. The van der Waals surface area contributed by atoms with Gasteiger partial charge in [0.25, 0.3) is 0 Å². The zero-order chi connectivity index (χ0) is 8.43. The van der Waals surface area contributed by atoms with Gasteiger partial charge in [0.05, 0.1) is 5.97 Å². The van der Waals surface area contributed by atoms with Crippen LogP contribution in [0.2, 0.25) is 5.15 Å². The van der Waals surface area contributed by atoms with Gasteiger partial charge in [-0.05, 0) is 22.0 Å². The minimum atomic E-state index is -1.33. The number of hydrogen-bond donors (Lipinski definition) is 0. The van der Waals surface area contributed by atoms with Gasteiger partial charge < -0.3 is 9.90 Å². The number of carbonyl (C=O) groups is 1. The monoisotopic (exact) mass is 319 g/mol. The van der Waals surface area contributed by atoms with Gasteiger partial charge in [-0.2, -0.15) is 0 Å². The summed E-state index contributed by atoms with van der Waals surface area (Å²) in [4.78, 5) is 13.9. The van der Waals surface area contributed by atoms with Crippen LogP contribution in [0.25, 0.3) is 0 Å². The van der Waals surface area contributed by atoms with Gasteiger partial charge in [-0.3, -0.25) is 0 Å². The molecule has 0 amide bonds. The second-order valence-electron chi connectivity index (χ2n) is 1.78. The molecule has 1 rings (SSSR count). The molecule has 0 N–H and O–H groups in total. The molecule has 0 unspecified atom stereocenters. The molecule has 0 aliphatic rings. The molecule has 0 saturated carbocycles. The Morgan fingerprint density at radius 3 is 2.67 bits per heavy atom. The quantitative estimate of drug-likeness (QED) is 0.555. The topological polar surface area (TPSA) is 53.0 Å². The summed E-state index contributed by atoms with van der Waals surface area (Å²) in [6, 6.07) is 1.34. The van der Waals surface area contributed by atoms with Crippen molar-refractivity contribution in [1.82, 2.24) is 4.98 Å². The summed E-state index contributed by atoms with van der Waals surface area (Å²) in [7, 11) is 0. The number of nitrogens with zero attached hydrogens (tertiary/aromatic N) is 1. The molecule has 1 heterocycles. The Balaban J connectivity index is 0.00000121. The second-order valence-corrected chi connectivity index (χ2v) is 3.05. The van der Waals surface area contributed by atoms with Crippen LogP contribution in [0, 0.1) is 0 Å². The molecule has 0 aliphatic heterocycles. The van der Waals surface area contributed by atoms with E-state index < -0.39 is 5.97 Å². The number of hydrogen-bond acceptors (Lipinski definition) is 3. The van der Waals surface area contributed by atoms with E-state index in [-0.39, 0.29) is 68.9 Å². The van der Waals surface area contributed by atoms with Crippen LogP contribution < -0.4 is 63.3 Å². The third-order valence-corrected chi connectivity index (χ3v) is 1.76. The molecule has 1 aromatic rings. The Morgan fingerprint density at radius 2 is 2.25 bits per heavy atom. The molecule has 0 spiro atoms. The molecule has 12 heavy (non-hydrogen) atoms. The smallest absolute Gasteiger partial charge is 0.545 e. The first-order valence-corrected chi connectivity index (χ1v) is 3.81. The first-order chi connectivity index (χ1) is 5.11. The summed E-state index contributed by atoms with van der Waals surface area (Å²) in [6.07, 6.45) is 1.41. The first kappa shape index (κ1) is 13.2. The number of aromatic nitrogens is 1. The van der Waals surface area contributed by atoms with E-state index in [1.807, 2.05) is 0 Å². The zero-order valence-corrected chi connectivity index (χ0v) is 13.4. The largest absolute Gasteiger partial charge is 1.00 e. The average molecular weight is 321 g/mol. The van der Waals surface area contributed by atoms with Crippen LogP contribution in [0.1, 0.15) is 10.4 Å². The zero-order valence-electron chi connectivity index (χ0n) is 6.17. The number of carboxylic acids is 1. The van der Waals surface area contributed by atoms with Crippen molar-refractivity contribution in [2.24, 2.45) is 0 Å². The van der Waals surface area contributed by atoms with Gasteiger partial charge in [-0.1, -0.05) is 11.6 Å². The van der Waals surface area contributed by atoms with Crippen LogP contribution in [-0.4, -0.2) is 11.0 Å². The summed E-state index contributed by atoms with van der Waals surface area (Å²) < 4.78 is 0.557. The maximum atomic E-state index is 10.3. The van der Waals surface area contributed by atoms with Gasteiger partial charge >= 0.3 is 58.2 Å². The summed E-state index contributed by atoms with van der Waals surface area (Å²) in [5.41, 5.74) is -0.110. The third-order valence-electron chi connectivity index (χ3n) is 1.03. The maximum absolute atomic E-state index is 10.3. The summed E-state index contributed by atoms with van der Waals surface area (Å²) in [5.74, 6) is -1.33. The summed E-state index contributed by atoms with van der Waals surface area (Å²) >= 11 is 8.49. The van der Waals surface area contributed by atoms with Crippen molar-refractivity contribution in [2.45, 2.75) is 0 Å². The molecule has 0 aromatic carbocycles. The normalized spacial score (nSPS) is 8.83. The molecular formula is C6H2BrClNO2Rb. The van der Waals surface area contributed by atoms with Crippen LogP contribution in [0.4, 0.5) is 0 Å². The van der Waals surface area contributed by atoms with Crippen molar-refractivity contribution < 1.29 is 68.1 Å². The fraction of sp³-hybridized carbons (Fsp3) is 0. The molecule has 3 nitrogen and oxygen atoms in total. The molecule has 0 radical (unpaired) electrons. The molecule has 0 saturated heterocycles. The molecule has 6 heteroatoms. The van der Waals surface area contributed by atoms with Gasteiger partial charge in [0.1, 0.15) is 5.15 Å². The van der Waals surface area contributed by atoms with E-state index in [0.717, 1.165) is 0 Å². The van der Waals surface area contributed by atoms with Crippen LogP contribution in [0.15, 0.2) is 16.7 Å². The van der Waals surface area contributed by atoms with Crippen molar-refractivity contribution in [3.05, 3.63) is 27.5 Å². The van der Waals surface area contributed by atoms with Crippen LogP contribution in [-0.2, 0) is 0 Å². The second kappa shape index (κ2) is 5.83. The molecule has 0 fully saturated rings. The van der Waals surface area contributed by atoms with Gasteiger partial charge in [0, 0.05) is 16.2 Å². The van der Waals surface area contributed by atoms with E-state index in [1.54, 1.807) is 0 Å². The predicted octanol–water partition coefficient (Wildman–Crippen LogP) is -2.13.